The summed E-state index contributed by atoms with van der Waals surface area (Å²) < 4.78 is 0. The molecule has 0 aliphatic carbocycles. The zero-order valence-electron chi connectivity index (χ0n) is 8.03. The van der Waals surface area contributed by atoms with Gasteiger partial charge in [-0.2, -0.15) is 11.8 Å². The molecule has 4 heteroatoms. The van der Waals surface area contributed by atoms with Crippen LogP contribution in [0.15, 0.2) is 0 Å². The molecule has 0 radical (unpaired) electrons. The van der Waals surface area contributed by atoms with E-state index in [0.717, 1.165) is 31.0 Å². The summed E-state index contributed by atoms with van der Waals surface area (Å²) in [6, 6.07) is 0. The molecule has 76 valence electrons. The fraction of sp³-hybridized carbons (Fsp3) is 0.889. The van der Waals surface area contributed by atoms with Gasteiger partial charge in [-0.3, -0.25) is 4.79 Å². The third-order valence-electron chi connectivity index (χ3n) is 2.21. The van der Waals surface area contributed by atoms with Crippen molar-refractivity contribution in [1.29, 1.82) is 0 Å². The molecule has 1 heterocycles. The second-order valence-electron chi connectivity index (χ2n) is 3.22. The molecule has 1 fully saturated rings. The number of aliphatic hydroxyl groups excluding tert-OH is 1. The monoisotopic (exact) mass is 203 g/mol. The van der Waals surface area contributed by atoms with E-state index in [4.69, 9.17) is 0 Å². The summed E-state index contributed by atoms with van der Waals surface area (Å²) in [5.41, 5.74) is 0. The second-order valence-corrected chi connectivity index (χ2v) is 4.44. The van der Waals surface area contributed by atoms with Crippen molar-refractivity contribution in [3.05, 3.63) is 0 Å². The van der Waals surface area contributed by atoms with E-state index in [2.05, 4.69) is 0 Å². The van der Waals surface area contributed by atoms with Crippen molar-refractivity contribution >= 4 is 17.7 Å². The van der Waals surface area contributed by atoms with Crippen LogP contribution in [-0.2, 0) is 4.79 Å². The van der Waals surface area contributed by atoms with E-state index in [0.29, 0.717) is 6.42 Å². The van der Waals surface area contributed by atoms with Crippen LogP contribution in [0.3, 0.4) is 0 Å². The van der Waals surface area contributed by atoms with Crippen LogP contribution in [0.5, 0.6) is 0 Å². The Hall–Kier alpha value is -0.220. The van der Waals surface area contributed by atoms with Crippen LogP contribution in [0.25, 0.3) is 0 Å². The number of carbonyl (C=O) groups excluding carboxylic acids is 1. The molecule has 13 heavy (non-hydrogen) atoms. The summed E-state index contributed by atoms with van der Waals surface area (Å²) in [7, 11) is 0. The lowest BCUT2D eigenvalue weighted by atomic mass is 10.2. The molecule has 3 nitrogen and oxygen atoms in total. The number of rotatable bonds is 2. The molecule has 0 bridgehead atoms. The van der Waals surface area contributed by atoms with Crippen LogP contribution in [-0.4, -0.2) is 46.6 Å². The maximum absolute atomic E-state index is 11.5. The normalized spacial score (nSPS) is 20.9. The van der Waals surface area contributed by atoms with Gasteiger partial charge in [-0.1, -0.05) is 6.92 Å². The number of nitrogens with zero attached hydrogens (tertiary/aromatic N) is 1. The highest BCUT2D eigenvalue weighted by Crippen LogP contribution is 2.11. The molecule has 1 amide bonds. The molecule has 1 unspecified atom stereocenters. The SMILES string of the molecule is CCC(O)C(=O)N1CCCSCC1. The first-order valence-electron chi connectivity index (χ1n) is 4.80. The van der Waals surface area contributed by atoms with Gasteiger partial charge in [0, 0.05) is 18.8 Å². The molecule has 1 aliphatic heterocycles. The largest absolute Gasteiger partial charge is 0.383 e. The van der Waals surface area contributed by atoms with Crippen LogP contribution in [0.4, 0.5) is 0 Å². The Morgan fingerprint density at radius 3 is 3.00 bits per heavy atom. The van der Waals surface area contributed by atoms with Gasteiger partial charge in [0.15, 0.2) is 0 Å². The summed E-state index contributed by atoms with van der Waals surface area (Å²) >= 11 is 1.88. The summed E-state index contributed by atoms with van der Waals surface area (Å²) in [6.07, 6.45) is 0.776. The number of hydrogen-bond donors (Lipinski definition) is 1. The van der Waals surface area contributed by atoms with E-state index >= 15 is 0 Å². The van der Waals surface area contributed by atoms with Crippen molar-refractivity contribution in [1.82, 2.24) is 4.90 Å². The van der Waals surface area contributed by atoms with Gasteiger partial charge in [0.25, 0.3) is 5.91 Å². The second kappa shape index (κ2) is 5.50. The fourth-order valence-electron chi connectivity index (χ4n) is 1.35. The van der Waals surface area contributed by atoms with Gasteiger partial charge in [0.2, 0.25) is 0 Å². The minimum Gasteiger partial charge on any atom is -0.383 e. The van der Waals surface area contributed by atoms with Crippen molar-refractivity contribution in [3.8, 4) is 0 Å². The first-order valence-corrected chi connectivity index (χ1v) is 5.95. The quantitative estimate of drug-likeness (QED) is 0.719. The first-order chi connectivity index (χ1) is 6.25. The predicted molar refractivity (Wildman–Crippen MR) is 54.8 cm³/mol. The summed E-state index contributed by atoms with van der Waals surface area (Å²) in [6.45, 7) is 3.43. The topological polar surface area (TPSA) is 40.5 Å². The van der Waals surface area contributed by atoms with Gasteiger partial charge < -0.3 is 10.0 Å². The maximum atomic E-state index is 11.5. The Morgan fingerprint density at radius 1 is 1.54 bits per heavy atom. The minimum absolute atomic E-state index is 0.0926. The molecular weight excluding hydrogens is 186 g/mol. The van der Waals surface area contributed by atoms with Crippen LogP contribution < -0.4 is 0 Å². The highest BCUT2D eigenvalue weighted by molar-refractivity contribution is 7.99. The molecule has 1 saturated heterocycles. The summed E-state index contributed by atoms with van der Waals surface area (Å²) in [4.78, 5) is 13.3. The number of amides is 1. The highest BCUT2D eigenvalue weighted by atomic mass is 32.2. The van der Waals surface area contributed by atoms with Crippen LogP contribution in [0, 0.1) is 0 Å². The summed E-state index contributed by atoms with van der Waals surface area (Å²) in [5.74, 6) is 2.04. The molecule has 0 saturated carbocycles. The van der Waals surface area contributed by atoms with Gasteiger partial charge in [-0.05, 0) is 18.6 Å². The zero-order chi connectivity index (χ0) is 9.68. The van der Waals surface area contributed by atoms with Gasteiger partial charge in [0.1, 0.15) is 6.10 Å². The van der Waals surface area contributed by atoms with E-state index in [1.54, 1.807) is 4.90 Å². The maximum Gasteiger partial charge on any atom is 0.251 e. The van der Waals surface area contributed by atoms with Gasteiger partial charge in [-0.25, -0.2) is 0 Å². The molecular formula is C9H17NO2S. The average molecular weight is 203 g/mol. The van der Waals surface area contributed by atoms with E-state index in [9.17, 15) is 9.90 Å². The van der Waals surface area contributed by atoms with Crippen molar-refractivity contribution in [2.45, 2.75) is 25.9 Å². The van der Waals surface area contributed by atoms with Crippen LogP contribution in [0.2, 0.25) is 0 Å². The molecule has 1 N–H and O–H groups in total. The van der Waals surface area contributed by atoms with Crippen molar-refractivity contribution in [3.63, 3.8) is 0 Å². The average Bonchev–Trinajstić information content (AvgIpc) is 2.43. The van der Waals surface area contributed by atoms with Crippen LogP contribution >= 0.6 is 11.8 Å². The van der Waals surface area contributed by atoms with E-state index in [1.165, 1.54) is 0 Å². The Kier molecular flexibility index (Phi) is 4.59. The smallest absolute Gasteiger partial charge is 0.251 e. The molecule has 0 spiro atoms. The van der Waals surface area contributed by atoms with Gasteiger partial charge in [0.05, 0.1) is 0 Å². The number of carbonyl (C=O) groups is 1. The third kappa shape index (κ3) is 3.19. The van der Waals surface area contributed by atoms with Crippen LogP contribution in [0.1, 0.15) is 19.8 Å². The molecule has 1 aliphatic rings. The van der Waals surface area contributed by atoms with Crippen molar-refractivity contribution in [2.24, 2.45) is 0 Å². The first kappa shape index (κ1) is 10.9. The number of hydrogen-bond acceptors (Lipinski definition) is 3. The lowest BCUT2D eigenvalue weighted by Gasteiger charge is -2.22. The van der Waals surface area contributed by atoms with E-state index < -0.39 is 6.10 Å². The third-order valence-corrected chi connectivity index (χ3v) is 3.25. The molecule has 0 aromatic carbocycles. The highest BCUT2D eigenvalue weighted by Gasteiger charge is 2.21. The van der Waals surface area contributed by atoms with E-state index in [1.807, 2.05) is 18.7 Å². The number of aliphatic hydroxyl groups is 1. The fourth-order valence-corrected chi connectivity index (χ4v) is 2.24. The minimum atomic E-state index is -0.789. The summed E-state index contributed by atoms with van der Waals surface area (Å²) in [5, 5.41) is 9.37. The zero-order valence-corrected chi connectivity index (χ0v) is 8.85. The predicted octanol–water partition coefficient (Wildman–Crippen LogP) is 0.723. The Labute approximate surface area is 83.5 Å². The molecule has 0 aromatic rings. The lowest BCUT2D eigenvalue weighted by molar-refractivity contribution is -0.140. The van der Waals surface area contributed by atoms with Gasteiger partial charge >= 0.3 is 0 Å². The standard InChI is InChI=1S/C9H17NO2S/c1-2-8(11)9(12)10-4-3-6-13-7-5-10/h8,11H,2-7H2,1H3. The van der Waals surface area contributed by atoms with Gasteiger partial charge in [-0.15, -0.1) is 0 Å². The molecule has 1 rings (SSSR count). The van der Waals surface area contributed by atoms with Crippen molar-refractivity contribution in [2.75, 3.05) is 24.6 Å². The Balaban J connectivity index is 2.43. The lowest BCUT2D eigenvalue weighted by Crippen LogP contribution is -2.40. The van der Waals surface area contributed by atoms with E-state index in [-0.39, 0.29) is 5.91 Å². The van der Waals surface area contributed by atoms with Crippen molar-refractivity contribution < 1.29 is 9.90 Å². The molecule has 0 aromatic heterocycles. The number of thioether (sulfide) groups is 1. The molecule has 1 atom stereocenters. The Morgan fingerprint density at radius 2 is 2.31 bits per heavy atom. The Bertz CT molecular complexity index is 167.